The van der Waals surface area contributed by atoms with Crippen LogP contribution >= 0.6 is 11.6 Å². The molecular formula is C16H12ClF3N2O3. The molecule has 5 nitrogen and oxygen atoms in total. The number of hydrogen-bond donors (Lipinski definition) is 1. The summed E-state index contributed by atoms with van der Waals surface area (Å²) in [6, 6.07) is 4.70. The zero-order valence-electron chi connectivity index (χ0n) is 13.1. The number of alkyl halides is 3. The van der Waals surface area contributed by atoms with Gasteiger partial charge in [-0.1, -0.05) is 11.6 Å². The van der Waals surface area contributed by atoms with Gasteiger partial charge in [-0.15, -0.1) is 0 Å². The molecule has 25 heavy (non-hydrogen) atoms. The first-order valence-corrected chi connectivity index (χ1v) is 7.56. The third-order valence-corrected chi connectivity index (χ3v) is 4.20. The minimum atomic E-state index is -4.65. The molecule has 0 radical (unpaired) electrons. The summed E-state index contributed by atoms with van der Waals surface area (Å²) in [6.07, 6.45) is -5.35. The molecule has 9 heteroatoms. The highest BCUT2D eigenvalue weighted by molar-refractivity contribution is 6.33. The summed E-state index contributed by atoms with van der Waals surface area (Å²) in [7, 11) is 1.04. The summed E-state index contributed by atoms with van der Waals surface area (Å²) >= 11 is 6.17. The highest BCUT2D eigenvalue weighted by atomic mass is 35.5. The summed E-state index contributed by atoms with van der Waals surface area (Å²) in [6.45, 7) is 1.56. The van der Waals surface area contributed by atoms with Crippen molar-refractivity contribution < 1.29 is 22.7 Å². The van der Waals surface area contributed by atoms with Crippen LogP contribution in [0.5, 0.6) is 5.75 Å². The van der Waals surface area contributed by atoms with Crippen LogP contribution in [-0.4, -0.2) is 16.6 Å². The zero-order valence-corrected chi connectivity index (χ0v) is 13.8. The van der Waals surface area contributed by atoms with Crippen LogP contribution in [0.15, 0.2) is 29.1 Å². The topological polar surface area (TPSA) is 60.3 Å². The number of benzene rings is 1. The Kier molecular flexibility index (Phi) is 4.03. The molecule has 0 fully saturated rings. The number of anilines is 1. The summed E-state index contributed by atoms with van der Waals surface area (Å²) in [5.41, 5.74) is -1.44. The van der Waals surface area contributed by atoms with Crippen LogP contribution in [0, 0.1) is 0 Å². The molecule has 2 heterocycles. The molecule has 1 unspecified atom stereocenters. The minimum absolute atomic E-state index is 0.0174. The van der Waals surface area contributed by atoms with E-state index in [-0.39, 0.29) is 22.1 Å². The van der Waals surface area contributed by atoms with Crippen molar-refractivity contribution in [3.05, 3.63) is 45.3 Å². The summed E-state index contributed by atoms with van der Waals surface area (Å²) in [4.78, 5) is 24.1. The van der Waals surface area contributed by atoms with Crippen molar-refractivity contribution in [2.24, 2.45) is 7.05 Å². The molecule has 1 aromatic carbocycles. The van der Waals surface area contributed by atoms with Crippen molar-refractivity contribution in [3.8, 4) is 16.9 Å². The predicted octanol–water partition coefficient (Wildman–Crippen LogP) is 3.44. The number of nitrogens with zero attached hydrogens (tertiary/aromatic N) is 1. The van der Waals surface area contributed by atoms with E-state index in [9.17, 15) is 22.8 Å². The maximum absolute atomic E-state index is 12.9. The van der Waals surface area contributed by atoms with E-state index < -0.39 is 23.5 Å². The van der Waals surface area contributed by atoms with Crippen LogP contribution in [0.4, 0.5) is 18.9 Å². The van der Waals surface area contributed by atoms with Crippen molar-refractivity contribution >= 4 is 23.2 Å². The van der Waals surface area contributed by atoms with Gasteiger partial charge in [0.1, 0.15) is 11.4 Å². The lowest BCUT2D eigenvalue weighted by molar-refractivity contribution is -0.143. The van der Waals surface area contributed by atoms with Crippen molar-refractivity contribution in [1.82, 2.24) is 4.57 Å². The second-order valence-electron chi connectivity index (χ2n) is 5.57. The number of halogens is 4. The second-order valence-corrected chi connectivity index (χ2v) is 5.98. The molecule has 1 atom stereocenters. The van der Waals surface area contributed by atoms with Gasteiger partial charge in [0.2, 0.25) is 0 Å². The average molecular weight is 373 g/mol. The average Bonchev–Trinajstić information content (AvgIpc) is 2.50. The van der Waals surface area contributed by atoms with Gasteiger partial charge in [0, 0.05) is 24.2 Å². The molecule has 3 rings (SSSR count). The van der Waals surface area contributed by atoms with E-state index in [1.807, 2.05) is 0 Å². The maximum Gasteiger partial charge on any atom is 0.431 e. The van der Waals surface area contributed by atoms with Crippen LogP contribution in [0.2, 0.25) is 5.02 Å². The van der Waals surface area contributed by atoms with Crippen LogP contribution in [0.3, 0.4) is 0 Å². The van der Waals surface area contributed by atoms with Crippen molar-refractivity contribution in [3.63, 3.8) is 0 Å². The maximum atomic E-state index is 12.9. The lowest BCUT2D eigenvalue weighted by atomic mass is 10.0. The van der Waals surface area contributed by atoms with Gasteiger partial charge in [-0.05, 0) is 25.1 Å². The van der Waals surface area contributed by atoms with Gasteiger partial charge in [0.25, 0.3) is 11.5 Å². The number of fused-ring (bicyclic) bond motifs is 1. The number of nitrogens with one attached hydrogen (secondary N) is 1. The smallest absolute Gasteiger partial charge is 0.431 e. The fourth-order valence-electron chi connectivity index (χ4n) is 2.56. The fraction of sp³-hybridized carbons (Fsp3) is 0.250. The number of hydrogen-bond acceptors (Lipinski definition) is 3. The largest absolute Gasteiger partial charge is 0.479 e. The van der Waals surface area contributed by atoms with E-state index >= 15 is 0 Å². The van der Waals surface area contributed by atoms with Crippen molar-refractivity contribution in [2.45, 2.75) is 19.2 Å². The first-order chi connectivity index (χ1) is 11.6. The van der Waals surface area contributed by atoms with Gasteiger partial charge in [-0.3, -0.25) is 9.59 Å². The zero-order chi connectivity index (χ0) is 18.5. The van der Waals surface area contributed by atoms with E-state index in [0.29, 0.717) is 16.0 Å². The Balaban J connectivity index is 2.15. The predicted molar refractivity (Wildman–Crippen MR) is 85.9 cm³/mol. The lowest BCUT2D eigenvalue weighted by Gasteiger charge is -2.24. The van der Waals surface area contributed by atoms with Crippen LogP contribution in [-0.2, 0) is 18.0 Å². The molecule has 132 valence electrons. The molecule has 1 aliphatic heterocycles. The molecule has 0 aliphatic carbocycles. The molecule has 1 aliphatic rings. The molecule has 1 N–H and O–H groups in total. The number of aromatic nitrogens is 1. The molecular weight excluding hydrogens is 361 g/mol. The fourth-order valence-corrected chi connectivity index (χ4v) is 2.82. The Morgan fingerprint density at radius 1 is 1.20 bits per heavy atom. The van der Waals surface area contributed by atoms with Gasteiger partial charge >= 0.3 is 6.18 Å². The SMILES string of the molecule is CC1Oc2cc(Cl)c(-c3ccc(C(F)(F)F)n(C)c3=O)cc2NC1=O. The number of carbonyl (C=O) groups excluding carboxylic acids is 1. The first kappa shape index (κ1) is 17.3. The van der Waals surface area contributed by atoms with Gasteiger partial charge in [0.05, 0.1) is 10.7 Å². The molecule has 0 saturated carbocycles. The number of pyridine rings is 1. The van der Waals surface area contributed by atoms with E-state index in [0.717, 1.165) is 19.2 Å². The van der Waals surface area contributed by atoms with Gasteiger partial charge in [-0.2, -0.15) is 13.2 Å². The van der Waals surface area contributed by atoms with Crippen LogP contribution in [0.1, 0.15) is 12.6 Å². The Hall–Kier alpha value is -2.48. The van der Waals surface area contributed by atoms with Crippen molar-refractivity contribution in [2.75, 3.05) is 5.32 Å². The highest BCUT2D eigenvalue weighted by Gasteiger charge is 2.34. The van der Waals surface area contributed by atoms with Gasteiger partial charge < -0.3 is 14.6 Å². The number of ether oxygens (including phenoxy) is 1. The van der Waals surface area contributed by atoms with Crippen LogP contribution < -0.4 is 15.6 Å². The summed E-state index contributed by atoms with van der Waals surface area (Å²) in [5, 5.41) is 2.73. The number of amides is 1. The summed E-state index contributed by atoms with van der Waals surface area (Å²) in [5.74, 6) is -0.0503. The van der Waals surface area contributed by atoms with E-state index in [1.165, 1.54) is 12.1 Å². The number of rotatable bonds is 1. The van der Waals surface area contributed by atoms with Gasteiger partial charge in [0.15, 0.2) is 6.10 Å². The first-order valence-electron chi connectivity index (χ1n) is 7.18. The monoisotopic (exact) mass is 372 g/mol. The Bertz CT molecular complexity index is 937. The second kappa shape index (κ2) is 5.80. The molecule has 1 amide bonds. The Morgan fingerprint density at radius 3 is 2.52 bits per heavy atom. The third-order valence-electron chi connectivity index (χ3n) is 3.88. The molecule has 0 spiro atoms. The van der Waals surface area contributed by atoms with Crippen LogP contribution in [0.25, 0.3) is 11.1 Å². The Labute approximate surface area is 145 Å². The molecule has 0 bridgehead atoms. The van der Waals surface area contributed by atoms with E-state index in [2.05, 4.69) is 5.32 Å². The highest BCUT2D eigenvalue weighted by Crippen LogP contribution is 2.39. The molecule has 1 aromatic heterocycles. The van der Waals surface area contributed by atoms with E-state index in [1.54, 1.807) is 6.92 Å². The quantitative estimate of drug-likeness (QED) is 0.834. The van der Waals surface area contributed by atoms with Gasteiger partial charge in [-0.25, -0.2) is 0 Å². The Morgan fingerprint density at radius 2 is 1.88 bits per heavy atom. The minimum Gasteiger partial charge on any atom is -0.479 e. The standard InChI is InChI=1S/C16H12ClF3N2O3/c1-7-14(23)21-11-5-9(10(17)6-12(11)25-7)8-3-4-13(16(18,19)20)22(2)15(8)24/h3-7H,1-2H3,(H,21,23). The van der Waals surface area contributed by atoms with Crippen molar-refractivity contribution in [1.29, 1.82) is 0 Å². The molecule has 0 saturated heterocycles. The summed E-state index contributed by atoms with van der Waals surface area (Å²) < 4.78 is 44.6. The normalized spacial score (nSPS) is 16.9. The third kappa shape index (κ3) is 2.97. The van der Waals surface area contributed by atoms with E-state index in [4.69, 9.17) is 16.3 Å². The molecule has 2 aromatic rings. The lowest BCUT2D eigenvalue weighted by Crippen LogP contribution is -2.34. The number of carbonyl (C=O) groups is 1.